The number of hydrogen-bond donors (Lipinski definition) is 3. The van der Waals surface area contributed by atoms with Crippen molar-refractivity contribution in [2.24, 2.45) is 0 Å². The second-order valence-electron chi connectivity index (χ2n) is 4.22. The van der Waals surface area contributed by atoms with Gasteiger partial charge in [-0.15, -0.1) is 0 Å². The molecular weight excluding hydrogens is 274 g/mol. The van der Waals surface area contributed by atoms with Crippen molar-refractivity contribution in [3.05, 3.63) is 42.0 Å². The quantitative estimate of drug-likeness (QED) is 0.752. The van der Waals surface area contributed by atoms with Crippen LogP contribution < -0.4 is 14.8 Å². The number of carbonyl (C=O) groups is 1. The number of phenols is 2. The minimum absolute atomic E-state index is 0.0344. The van der Waals surface area contributed by atoms with Gasteiger partial charge in [0.2, 0.25) is 0 Å². The van der Waals surface area contributed by atoms with E-state index in [4.69, 9.17) is 9.47 Å². The normalized spacial score (nSPS) is 10.0. The maximum Gasteiger partial charge on any atom is 0.259 e. The molecule has 0 saturated heterocycles. The third-order valence-corrected chi connectivity index (χ3v) is 2.88. The van der Waals surface area contributed by atoms with Gasteiger partial charge in [0.1, 0.15) is 23.0 Å². The highest BCUT2D eigenvalue weighted by atomic mass is 16.5. The molecule has 0 bridgehead atoms. The van der Waals surface area contributed by atoms with E-state index in [1.165, 1.54) is 32.4 Å². The molecule has 2 aromatic rings. The minimum Gasteiger partial charge on any atom is -0.508 e. The summed E-state index contributed by atoms with van der Waals surface area (Å²) in [7, 11) is 2.99. The summed E-state index contributed by atoms with van der Waals surface area (Å²) in [5, 5.41) is 21.7. The van der Waals surface area contributed by atoms with Crippen molar-refractivity contribution in [2.45, 2.75) is 0 Å². The zero-order valence-electron chi connectivity index (χ0n) is 11.6. The second kappa shape index (κ2) is 6.04. The Morgan fingerprint density at radius 2 is 1.81 bits per heavy atom. The summed E-state index contributed by atoms with van der Waals surface area (Å²) in [5.41, 5.74) is 0.388. The van der Waals surface area contributed by atoms with Crippen LogP contribution in [0.25, 0.3) is 0 Å². The van der Waals surface area contributed by atoms with Gasteiger partial charge in [-0.1, -0.05) is 0 Å². The first kappa shape index (κ1) is 14.5. The summed E-state index contributed by atoms with van der Waals surface area (Å²) in [6.45, 7) is 0. The van der Waals surface area contributed by atoms with Gasteiger partial charge in [-0.2, -0.15) is 0 Å². The number of hydrogen-bond acceptors (Lipinski definition) is 5. The predicted molar refractivity (Wildman–Crippen MR) is 77.3 cm³/mol. The number of ether oxygens (including phenoxy) is 2. The monoisotopic (exact) mass is 289 g/mol. The maximum atomic E-state index is 12.1. The molecule has 2 rings (SSSR count). The van der Waals surface area contributed by atoms with E-state index in [0.717, 1.165) is 0 Å². The number of rotatable bonds is 4. The Morgan fingerprint density at radius 3 is 2.48 bits per heavy atom. The van der Waals surface area contributed by atoms with Gasteiger partial charge in [-0.25, -0.2) is 0 Å². The highest BCUT2D eigenvalue weighted by Gasteiger charge is 2.14. The van der Waals surface area contributed by atoms with Crippen molar-refractivity contribution in [2.75, 3.05) is 19.5 Å². The summed E-state index contributed by atoms with van der Waals surface area (Å²) < 4.78 is 10.2. The largest absolute Gasteiger partial charge is 0.508 e. The number of phenolic OH excluding ortho intramolecular Hbond substituents is 2. The number of methoxy groups -OCH3 is 2. The van der Waals surface area contributed by atoms with Crippen LogP contribution in [0, 0.1) is 0 Å². The smallest absolute Gasteiger partial charge is 0.259 e. The fraction of sp³-hybridized carbons (Fsp3) is 0.133. The summed E-state index contributed by atoms with van der Waals surface area (Å²) in [6.07, 6.45) is 0. The van der Waals surface area contributed by atoms with Crippen LogP contribution in [0.2, 0.25) is 0 Å². The van der Waals surface area contributed by atoms with E-state index in [1.54, 1.807) is 18.2 Å². The molecular formula is C15H15NO5. The number of benzene rings is 2. The van der Waals surface area contributed by atoms with Gasteiger partial charge < -0.3 is 25.0 Å². The van der Waals surface area contributed by atoms with E-state index in [-0.39, 0.29) is 17.1 Å². The highest BCUT2D eigenvalue weighted by molar-refractivity contribution is 6.07. The number of nitrogens with one attached hydrogen (secondary N) is 1. The van der Waals surface area contributed by atoms with Gasteiger partial charge in [0, 0.05) is 6.07 Å². The Bertz CT molecular complexity index is 669. The van der Waals surface area contributed by atoms with Crippen LogP contribution in [0.4, 0.5) is 5.69 Å². The summed E-state index contributed by atoms with van der Waals surface area (Å²) in [5.74, 6) is 0.108. The molecule has 0 spiro atoms. The van der Waals surface area contributed by atoms with Crippen molar-refractivity contribution in [1.82, 2.24) is 0 Å². The molecule has 2 aromatic carbocycles. The third kappa shape index (κ3) is 3.17. The van der Waals surface area contributed by atoms with Gasteiger partial charge in [0.25, 0.3) is 5.91 Å². The van der Waals surface area contributed by atoms with Gasteiger partial charge in [-0.3, -0.25) is 4.79 Å². The van der Waals surface area contributed by atoms with Crippen molar-refractivity contribution < 1.29 is 24.5 Å². The SMILES string of the molecule is COc1ccc(NC(=O)c2cc(O)ccc2O)c(OC)c1. The molecule has 110 valence electrons. The summed E-state index contributed by atoms with van der Waals surface area (Å²) >= 11 is 0. The topological polar surface area (TPSA) is 88.0 Å². The summed E-state index contributed by atoms with van der Waals surface area (Å²) in [4.78, 5) is 12.1. The van der Waals surface area contributed by atoms with Crippen molar-refractivity contribution in [1.29, 1.82) is 0 Å². The highest BCUT2D eigenvalue weighted by Crippen LogP contribution is 2.30. The molecule has 0 aliphatic heterocycles. The van der Waals surface area contributed by atoms with E-state index < -0.39 is 5.91 Å². The third-order valence-electron chi connectivity index (χ3n) is 2.88. The lowest BCUT2D eigenvalue weighted by atomic mass is 10.1. The lowest BCUT2D eigenvalue weighted by Gasteiger charge is -2.12. The molecule has 21 heavy (non-hydrogen) atoms. The minimum atomic E-state index is -0.563. The molecule has 1 amide bonds. The van der Waals surface area contributed by atoms with Crippen LogP contribution in [-0.4, -0.2) is 30.3 Å². The Labute approximate surface area is 121 Å². The molecule has 6 nitrogen and oxygen atoms in total. The van der Waals surface area contributed by atoms with E-state index in [0.29, 0.717) is 17.2 Å². The van der Waals surface area contributed by atoms with Gasteiger partial charge in [0.15, 0.2) is 0 Å². The molecule has 0 saturated carbocycles. The fourth-order valence-electron chi connectivity index (χ4n) is 1.80. The Hall–Kier alpha value is -2.89. The second-order valence-corrected chi connectivity index (χ2v) is 4.22. The van der Waals surface area contributed by atoms with E-state index in [1.807, 2.05) is 0 Å². The van der Waals surface area contributed by atoms with E-state index >= 15 is 0 Å². The molecule has 0 fully saturated rings. The molecule has 0 aliphatic rings. The molecule has 0 atom stereocenters. The van der Waals surface area contributed by atoms with Crippen LogP contribution in [0.3, 0.4) is 0 Å². The van der Waals surface area contributed by atoms with Crippen molar-refractivity contribution >= 4 is 11.6 Å². The Morgan fingerprint density at radius 1 is 1.05 bits per heavy atom. The Kier molecular flexibility index (Phi) is 4.18. The van der Waals surface area contributed by atoms with E-state index in [9.17, 15) is 15.0 Å². The molecule has 0 radical (unpaired) electrons. The molecule has 0 heterocycles. The molecule has 6 heteroatoms. The fourth-order valence-corrected chi connectivity index (χ4v) is 1.80. The number of carbonyl (C=O) groups excluding carboxylic acids is 1. The van der Waals surface area contributed by atoms with Crippen molar-refractivity contribution in [3.63, 3.8) is 0 Å². The van der Waals surface area contributed by atoms with Crippen LogP contribution in [0.15, 0.2) is 36.4 Å². The summed E-state index contributed by atoms with van der Waals surface area (Å²) in [6, 6.07) is 8.63. The van der Waals surface area contributed by atoms with Crippen molar-refractivity contribution in [3.8, 4) is 23.0 Å². The standard InChI is InChI=1S/C15H15NO5/c1-20-10-4-5-12(14(8-10)21-2)16-15(19)11-7-9(17)3-6-13(11)18/h3-8,17-18H,1-2H3,(H,16,19). The Balaban J connectivity index is 2.29. The molecule has 0 aliphatic carbocycles. The van der Waals surface area contributed by atoms with Gasteiger partial charge in [0.05, 0.1) is 25.5 Å². The molecule has 0 unspecified atom stereocenters. The van der Waals surface area contributed by atoms with Crippen LogP contribution in [-0.2, 0) is 0 Å². The van der Waals surface area contributed by atoms with Crippen LogP contribution in [0.1, 0.15) is 10.4 Å². The average molecular weight is 289 g/mol. The first-order valence-electron chi connectivity index (χ1n) is 6.10. The predicted octanol–water partition coefficient (Wildman–Crippen LogP) is 2.37. The number of aromatic hydroxyl groups is 2. The van der Waals surface area contributed by atoms with Gasteiger partial charge in [-0.05, 0) is 30.3 Å². The first-order chi connectivity index (χ1) is 10.0. The van der Waals surface area contributed by atoms with Crippen LogP contribution in [0.5, 0.6) is 23.0 Å². The number of anilines is 1. The molecule has 3 N–H and O–H groups in total. The van der Waals surface area contributed by atoms with Gasteiger partial charge >= 0.3 is 0 Å². The first-order valence-corrected chi connectivity index (χ1v) is 6.10. The molecule has 0 aromatic heterocycles. The number of amides is 1. The van der Waals surface area contributed by atoms with E-state index in [2.05, 4.69) is 5.32 Å². The average Bonchev–Trinajstić information content (AvgIpc) is 2.49. The lowest BCUT2D eigenvalue weighted by Crippen LogP contribution is -2.12. The zero-order valence-corrected chi connectivity index (χ0v) is 11.6. The van der Waals surface area contributed by atoms with Crippen LogP contribution >= 0.6 is 0 Å². The lowest BCUT2D eigenvalue weighted by molar-refractivity contribution is 0.102. The zero-order chi connectivity index (χ0) is 15.4. The maximum absolute atomic E-state index is 12.1.